The molecule has 3 nitrogen and oxygen atoms in total. The molecular formula is C17H20O3. The normalized spacial score (nSPS) is 12.1. The van der Waals surface area contributed by atoms with Crippen molar-refractivity contribution >= 4 is 16.7 Å². The smallest absolute Gasteiger partial charge is 0.308 e. The Bertz CT molecular complexity index is 577. The Morgan fingerprint density at radius 1 is 1.10 bits per heavy atom. The summed E-state index contributed by atoms with van der Waals surface area (Å²) in [5.41, 5.74) is 0. The van der Waals surface area contributed by atoms with E-state index in [1.807, 2.05) is 50.2 Å². The quantitative estimate of drug-likeness (QED) is 0.592. The van der Waals surface area contributed by atoms with Crippen LogP contribution >= 0.6 is 0 Å². The number of esters is 1. The molecule has 20 heavy (non-hydrogen) atoms. The highest BCUT2D eigenvalue weighted by Gasteiger charge is 2.11. The third kappa shape index (κ3) is 3.73. The van der Waals surface area contributed by atoms with Crippen LogP contribution in [0.4, 0.5) is 0 Å². The van der Waals surface area contributed by atoms with E-state index in [1.54, 1.807) is 0 Å². The number of carbonyl (C=O) groups is 1. The van der Waals surface area contributed by atoms with Crippen LogP contribution in [0.25, 0.3) is 10.8 Å². The van der Waals surface area contributed by atoms with Gasteiger partial charge in [-0.15, -0.1) is 0 Å². The summed E-state index contributed by atoms with van der Waals surface area (Å²) in [5.74, 6) is 0.591. The van der Waals surface area contributed by atoms with Crippen LogP contribution in [0.15, 0.2) is 42.5 Å². The molecule has 0 heterocycles. The fourth-order valence-electron chi connectivity index (χ4n) is 1.87. The lowest BCUT2D eigenvalue weighted by atomic mass is 10.1. The molecule has 0 N–H and O–H groups in total. The predicted molar refractivity (Wildman–Crippen MR) is 79.9 cm³/mol. The standard InChI is InChI=1S/C17H20O3/c1-3-13(2)17(18)20-11-10-19-16-9-8-14-6-4-5-7-15(14)12-16/h4-9,12-13H,3,10-11H2,1-2H3. The zero-order valence-electron chi connectivity index (χ0n) is 12.0. The molecule has 1 unspecified atom stereocenters. The molecule has 0 aromatic heterocycles. The zero-order chi connectivity index (χ0) is 14.4. The summed E-state index contributed by atoms with van der Waals surface area (Å²) in [6, 6.07) is 14.1. The summed E-state index contributed by atoms with van der Waals surface area (Å²) in [4.78, 5) is 11.5. The molecule has 2 aromatic rings. The molecule has 0 radical (unpaired) electrons. The number of ether oxygens (including phenoxy) is 2. The molecule has 0 amide bonds. The monoisotopic (exact) mass is 272 g/mol. The van der Waals surface area contributed by atoms with Gasteiger partial charge >= 0.3 is 5.97 Å². The van der Waals surface area contributed by atoms with Crippen LogP contribution in [-0.4, -0.2) is 19.2 Å². The summed E-state index contributed by atoms with van der Waals surface area (Å²) in [5, 5.41) is 2.32. The lowest BCUT2D eigenvalue weighted by Gasteiger charge is -2.10. The maximum atomic E-state index is 11.5. The summed E-state index contributed by atoms with van der Waals surface area (Å²) in [6.07, 6.45) is 0.796. The van der Waals surface area contributed by atoms with E-state index in [0.29, 0.717) is 6.61 Å². The van der Waals surface area contributed by atoms with Crippen molar-refractivity contribution in [3.63, 3.8) is 0 Å². The van der Waals surface area contributed by atoms with Gasteiger partial charge in [0.1, 0.15) is 19.0 Å². The van der Waals surface area contributed by atoms with Crippen LogP contribution in [0.2, 0.25) is 0 Å². The van der Waals surface area contributed by atoms with Gasteiger partial charge in [0.15, 0.2) is 0 Å². The topological polar surface area (TPSA) is 35.5 Å². The lowest BCUT2D eigenvalue weighted by molar-refractivity contribution is -0.148. The van der Waals surface area contributed by atoms with E-state index in [-0.39, 0.29) is 18.5 Å². The number of hydrogen-bond acceptors (Lipinski definition) is 3. The molecule has 3 heteroatoms. The molecule has 2 aromatic carbocycles. The van der Waals surface area contributed by atoms with Gasteiger partial charge in [-0.05, 0) is 29.3 Å². The van der Waals surface area contributed by atoms with Gasteiger partial charge < -0.3 is 9.47 Å². The van der Waals surface area contributed by atoms with Gasteiger partial charge in [-0.3, -0.25) is 4.79 Å². The Hall–Kier alpha value is -2.03. The van der Waals surface area contributed by atoms with Gasteiger partial charge in [-0.25, -0.2) is 0 Å². The van der Waals surface area contributed by atoms with Gasteiger partial charge in [0.25, 0.3) is 0 Å². The van der Waals surface area contributed by atoms with Crippen molar-refractivity contribution in [1.29, 1.82) is 0 Å². The number of rotatable bonds is 6. The molecule has 0 spiro atoms. The highest BCUT2D eigenvalue weighted by Crippen LogP contribution is 2.20. The summed E-state index contributed by atoms with van der Waals surface area (Å²) >= 11 is 0. The number of benzene rings is 2. The minimum Gasteiger partial charge on any atom is -0.490 e. The van der Waals surface area contributed by atoms with Gasteiger partial charge in [0, 0.05) is 0 Å². The van der Waals surface area contributed by atoms with Crippen LogP contribution in [0.5, 0.6) is 5.75 Å². The van der Waals surface area contributed by atoms with Crippen molar-refractivity contribution < 1.29 is 14.3 Å². The summed E-state index contributed by atoms with van der Waals surface area (Å²) in [6.45, 7) is 4.50. The predicted octanol–water partition coefficient (Wildman–Crippen LogP) is 3.81. The number of hydrogen-bond donors (Lipinski definition) is 0. The van der Waals surface area contributed by atoms with E-state index < -0.39 is 0 Å². The second-order valence-corrected chi connectivity index (χ2v) is 4.83. The molecular weight excluding hydrogens is 252 g/mol. The van der Waals surface area contributed by atoms with Crippen LogP contribution in [-0.2, 0) is 9.53 Å². The Balaban J connectivity index is 1.82. The first-order valence-electron chi connectivity index (χ1n) is 6.99. The van der Waals surface area contributed by atoms with E-state index in [4.69, 9.17) is 9.47 Å². The van der Waals surface area contributed by atoms with Crippen LogP contribution < -0.4 is 4.74 Å². The minimum atomic E-state index is -0.158. The molecule has 0 bridgehead atoms. The Kier molecular flexibility index (Phi) is 4.99. The maximum absolute atomic E-state index is 11.5. The highest BCUT2D eigenvalue weighted by molar-refractivity contribution is 5.83. The van der Waals surface area contributed by atoms with Crippen molar-refractivity contribution in [3.05, 3.63) is 42.5 Å². The van der Waals surface area contributed by atoms with Crippen molar-refractivity contribution in [2.75, 3.05) is 13.2 Å². The minimum absolute atomic E-state index is 0.0457. The first-order chi connectivity index (χ1) is 9.70. The van der Waals surface area contributed by atoms with Crippen molar-refractivity contribution in [2.45, 2.75) is 20.3 Å². The fourth-order valence-corrected chi connectivity index (χ4v) is 1.87. The molecule has 0 aliphatic carbocycles. The summed E-state index contributed by atoms with van der Waals surface area (Å²) < 4.78 is 10.7. The van der Waals surface area contributed by atoms with Gasteiger partial charge in [0.05, 0.1) is 5.92 Å². The van der Waals surface area contributed by atoms with Crippen LogP contribution in [0, 0.1) is 5.92 Å². The van der Waals surface area contributed by atoms with E-state index in [1.165, 1.54) is 5.39 Å². The maximum Gasteiger partial charge on any atom is 0.308 e. The lowest BCUT2D eigenvalue weighted by Crippen LogP contribution is -2.17. The largest absolute Gasteiger partial charge is 0.490 e. The third-order valence-electron chi connectivity index (χ3n) is 3.33. The van der Waals surface area contributed by atoms with E-state index >= 15 is 0 Å². The first-order valence-corrected chi connectivity index (χ1v) is 6.99. The zero-order valence-corrected chi connectivity index (χ0v) is 12.0. The first kappa shape index (κ1) is 14.4. The average Bonchev–Trinajstić information content (AvgIpc) is 2.50. The van der Waals surface area contributed by atoms with Crippen molar-refractivity contribution in [1.82, 2.24) is 0 Å². The SMILES string of the molecule is CCC(C)C(=O)OCCOc1ccc2ccccc2c1. The molecule has 0 saturated heterocycles. The second-order valence-electron chi connectivity index (χ2n) is 4.83. The number of carbonyl (C=O) groups excluding carboxylic acids is 1. The van der Waals surface area contributed by atoms with E-state index in [0.717, 1.165) is 17.6 Å². The molecule has 0 aliphatic heterocycles. The molecule has 0 saturated carbocycles. The Morgan fingerprint density at radius 2 is 1.85 bits per heavy atom. The average molecular weight is 272 g/mol. The van der Waals surface area contributed by atoms with E-state index in [9.17, 15) is 4.79 Å². The Morgan fingerprint density at radius 3 is 2.60 bits per heavy atom. The van der Waals surface area contributed by atoms with Crippen molar-refractivity contribution in [2.24, 2.45) is 5.92 Å². The molecule has 1 atom stereocenters. The third-order valence-corrected chi connectivity index (χ3v) is 3.33. The van der Waals surface area contributed by atoms with Gasteiger partial charge in [-0.1, -0.05) is 44.2 Å². The van der Waals surface area contributed by atoms with Crippen molar-refractivity contribution in [3.8, 4) is 5.75 Å². The molecule has 106 valence electrons. The molecule has 2 rings (SSSR count). The van der Waals surface area contributed by atoms with Gasteiger partial charge in [0.2, 0.25) is 0 Å². The number of fused-ring (bicyclic) bond motifs is 1. The van der Waals surface area contributed by atoms with Crippen LogP contribution in [0.3, 0.4) is 0 Å². The van der Waals surface area contributed by atoms with E-state index in [2.05, 4.69) is 6.07 Å². The highest BCUT2D eigenvalue weighted by atomic mass is 16.6. The van der Waals surface area contributed by atoms with Crippen LogP contribution in [0.1, 0.15) is 20.3 Å². The van der Waals surface area contributed by atoms with Gasteiger partial charge in [-0.2, -0.15) is 0 Å². The Labute approximate surface area is 119 Å². The summed E-state index contributed by atoms with van der Waals surface area (Å²) in [7, 11) is 0. The second kappa shape index (κ2) is 6.94. The molecule has 0 fully saturated rings. The molecule has 0 aliphatic rings. The fraction of sp³-hybridized carbons (Fsp3) is 0.353.